The monoisotopic (exact) mass is 291 g/mol. The fraction of sp³-hybridized carbons (Fsp3) is 0.455. The Morgan fingerprint density at radius 1 is 1.39 bits per heavy atom. The second-order valence-electron chi connectivity index (χ2n) is 3.99. The van der Waals surface area contributed by atoms with Crippen LogP contribution in [-0.2, 0) is 26.4 Å². The minimum atomic E-state index is -3.08. The van der Waals surface area contributed by atoms with Gasteiger partial charge in [0, 0.05) is 34.1 Å². The lowest BCUT2D eigenvalue weighted by molar-refractivity contribution is 0.411. The van der Waals surface area contributed by atoms with Gasteiger partial charge in [-0.2, -0.15) is 0 Å². The van der Waals surface area contributed by atoms with Gasteiger partial charge in [-0.25, -0.2) is 8.42 Å². The van der Waals surface area contributed by atoms with E-state index in [0.29, 0.717) is 11.4 Å². The fourth-order valence-electron chi connectivity index (χ4n) is 1.40. The van der Waals surface area contributed by atoms with E-state index in [9.17, 15) is 12.6 Å². The smallest absolute Gasteiger partial charge is 0.148 e. The van der Waals surface area contributed by atoms with E-state index in [-0.39, 0.29) is 17.3 Å². The summed E-state index contributed by atoms with van der Waals surface area (Å²) in [6.07, 6.45) is 1.13. The maximum absolute atomic E-state index is 11.8. The first-order chi connectivity index (χ1) is 8.31. The van der Waals surface area contributed by atoms with Gasteiger partial charge in [0.1, 0.15) is 15.6 Å². The summed E-state index contributed by atoms with van der Waals surface area (Å²) in [7, 11) is -2.81. The van der Waals surface area contributed by atoms with Gasteiger partial charge in [-0.3, -0.25) is 4.21 Å². The third kappa shape index (κ3) is 5.05. The Morgan fingerprint density at radius 3 is 2.61 bits per heavy atom. The molecule has 7 heteroatoms. The van der Waals surface area contributed by atoms with Crippen molar-refractivity contribution in [1.29, 1.82) is 0 Å². The second kappa shape index (κ2) is 6.19. The Hall–Kier alpha value is -1.08. The molecule has 0 aliphatic heterocycles. The molecule has 0 bridgehead atoms. The summed E-state index contributed by atoms with van der Waals surface area (Å²) in [6, 6.07) is 5.09. The highest BCUT2D eigenvalue weighted by molar-refractivity contribution is 7.92. The first-order valence-electron chi connectivity index (χ1n) is 5.27. The molecule has 1 aromatic rings. The summed E-state index contributed by atoms with van der Waals surface area (Å²) < 4.78 is 38.9. The number of hydrogen-bond acceptors (Lipinski definition) is 5. The Kier molecular flexibility index (Phi) is 5.15. The number of anilines is 1. The van der Waals surface area contributed by atoms with Crippen LogP contribution in [0.2, 0.25) is 0 Å². The molecule has 0 aromatic heterocycles. The number of sulfone groups is 1. The zero-order chi connectivity index (χ0) is 13.8. The lowest BCUT2D eigenvalue weighted by Gasteiger charge is -2.09. The molecule has 0 saturated carbocycles. The molecule has 102 valence electrons. The van der Waals surface area contributed by atoms with Gasteiger partial charge in [-0.15, -0.1) is 0 Å². The van der Waals surface area contributed by atoms with Crippen molar-refractivity contribution in [3.8, 4) is 5.75 Å². The average Bonchev–Trinajstić information content (AvgIpc) is 2.26. The molecule has 0 aliphatic rings. The molecule has 0 heterocycles. The minimum absolute atomic E-state index is 0.0791. The standard InChI is InChI=1S/C11H17NO4S2/c1-16-11-4-3-10(12)7-9(11)8-17(13)5-6-18(2,14)15/h3-4,7H,5-6,8,12H2,1-2H3. The number of benzene rings is 1. The van der Waals surface area contributed by atoms with E-state index in [4.69, 9.17) is 10.5 Å². The molecular formula is C11H17NO4S2. The van der Waals surface area contributed by atoms with Crippen molar-refractivity contribution >= 4 is 26.3 Å². The van der Waals surface area contributed by atoms with E-state index in [1.54, 1.807) is 18.2 Å². The van der Waals surface area contributed by atoms with Gasteiger partial charge in [0.05, 0.1) is 18.6 Å². The maximum atomic E-state index is 11.8. The largest absolute Gasteiger partial charge is 0.496 e. The summed E-state index contributed by atoms with van der Waals surface area (Å²) in [5, 5.41) is 0. The first kappa shape index (κ1) is 15.0. The summed E-state index contributed by atoms with van der Waals surface area (Å²) in [6.45, 7) is 0. The zero-order valence-corrected chi connectivity index (χ0v) is 12.0. The minimum Gasteiger partial charge on any atom is -0.496 e. The number of rotatable bonds is 6. The van der Waals surface area contributed by atoms with Crippen molar-refractivity contribution in [2.75, 3.05) is 30.6 Å². The van der Waals surface area contributed by atoms with E-state index in [2.05, 4.69) is 0 Å². The topological polar surface area (TPSA) is 86.5 Å². The van der Waals surface area contributed by atoms with Crippen molar-refractivity contribution in [2.45, 2.75) is 5.75 Å². The molecule has 18 heavy (non-hydrogen) atoms. The van der Waals surface area contributed by atoms with Crippen molar-refractivity contribution < 1.29 is 17.4 Å². The molecule has 1 unspecified atom stereocenters. The SMILES string of the molecule is COc1ccc(N)cc1CS(=O)CCS(C)(=O)=O. The van der Waals surface area contributed by atoms with Crippen LogP contribution in [0.1, 0.15) is 5.56 Å². The molecule has 0 saturated heterocycles. The van der Waals surface area contributed by atoms with E-state index in [1.807, 2.05) is 0 Å². The van der Waals surface area contributed by atoms with Gasteiger partial charge in [0.2, 0.25) is 0 Å². The molecule has 1 aromatic carbocycles. The molecule has 0 spiro atoms. The third-order valence-electron chi connectivity index (χ3n) is 2.30. The molecule has 1 rings (SSSR count). The second-order valence-corrected chi connectivity index (χ2v) is 7.83. The van der Waals surface area contributed by atoms with Crippen LogP contribution in [0.5, 0.6) is 5.75 Å². The highest BCUT2D eigenvalue weighted by Crippen LogP contribution is 2.22. The third-order valence-corrected chi connectivity index (χ3v) is 4.80. The Bertz CT molecular complexity index is 540. The Labute approximate surface area is 110 Å². The number of nitrogen functional groups attached to an aromatic ring is 1. The van der Waals surface area contributed by atoms with Crippen LogP contribution in [0.3, 0.4) is 0 Å². The lowest BCUT2D eigenvalue weighted by atomic mass is 10.2. The summed E-state index contributed by atoms with van der Waals surface area (Å²) in [5.74, 6) is 0.891. The van der Waals surface area contributed by atoms with Crippen molar-refractivity contribution in [2.24, 2.45) is 0 Å². The molecule has 1 atom stereocenters. The van der Waals surface area contributed by atoms with E-state index in [0.717, 1.165) is 11.8 Å². The van der Waals surface area contributed by atoms with Gasteiger partial charge in [0.15, 0.2) is 0 Å². The predicted octanol–water partition coefficient (Wildman–Crippen LogP) is 0.571. The number of hydrogen-bond donors (Lipinski definition) is 1. The van der Waals surface area contributed by atoms with Crippen molar-refractivity contribution in [1.82, 2.24) is 0 Å². The number of nitrogens with two attached hydrogens (primary N) is 1. The van der Waals surface area contributed by atoms with Gasteiger partial charge < -0.3 is 10.5 Å². The van der Waals surface area contributed by atoms with E-state index < -0.39 is 20.6 Å². The summed E-state index contributed by atoms with van der Waals surface area (Å²) in [5.41, 5.74) is 6.94. The zero-order valence-electron chi connectivity index (χ0n) is 10.4. The molecule has 0 fully saturated rings. The summed E-state index contributed by atoms with van der Waals surface area (Å²) in [4.78, 5) is 0. The van der Waals surface area contributed by atoms with Crippen LogP contribution in [-0.4, -0.2) is 37.5 Å². The van der Waals surface area contributed by atoms with E-state index >= 15 is 0 Å². The van der Waals surface area contributed by atoms with Crippen LogP contribution in [0.4, 0.5) is 5.69 Å². The molecule has 0 amide bonds. The normalized spacial score (nSPS) is 13.2. The summed E-state index contributed by atoms with van der Waals surface area (Å²) >= 11 is 0. The molecule has 5 nitrogen and oxygen atoms in total. The van der Waals surface area contributed by atoms with Gasteiger partial charge in [-0.05, 0) is 18.2 Å². The van der Waals surface area contributed by atoms with Crippen LogP contribution in [0.15, 0.2) is 18.2 Å². The quantitative estimate of drug-likeness (QED) is 0.774. The lowest BCUT2D eigenvalue weighted by Crippen LogP contribution is -2.13. The Morgan fingerprint density at radius 2 is 2.06 bits per heavy atom. The average molecular weight is 291 g/mol. The molecular weight excluding hydrogens is 274 g/mol. The first-order valence-corrected chi connectivity index (χ1v) is 8.82. The highest BCUT2D eigenvalue weighted by Gasteiger charge is 2.11. The highest BCUT2D eigenvalue weighted by atomic mass is 32.2. The number of ether oxygens (including phenoxy) is 1. The van der Waals surface area contributed by atoms with Crippen LogP contribution in [0, 0.1) is 0 Å². The Balaban J connectivity index is 2.72. The van der Waals surface area contributed by atoms with E-state index in [1.165, 1.54) is 7.11 Å². The maximum Gasteiger partial charge on any atom is 0.148 e. The van der Waals surface area contributed by atoms with Gasteiger partial charge >= 0.3 is 0 Å². The van der Waals surface area contributed by atoms with Gasteiger partial charge in [0.25, 0.3) is 0 Å². The van der Waals surface area contributed by atoms with Crippen molar-refractivity contribution in [3.63, 3.8) is 0 Å². The van der Waals surface area contributed by atoms with Gasteiger partial charge in [-0.1, -0.05) is 0 Å². The predicted molar refractivity (Wildman–Crippen MR) is 73.8 cm³/mol. The molecule has 0 radical (unpaired) electrons. The van der Waals surface area contributed by atoms with Crippen molar-refractivity contribution in [3.05, 3.63) is 23.8 Å². The van der Waals surface area contributed by atoms with Crippen LogP contribution >= 0.6 is 0 Å². The fourth-order valence-corrected chi connectivity index (χ4v) is 4.07. The number of methoxy groups -OCH3 is 1. The molecule has 0 aliphatic carbocycles. The molecule has 2 N–H and O–H groups in total. The van der Waals surface area contributed by atoms with Crippen LogP contribution in [0.25, 0.3) is 0 Å². The van der Waals surface area contributed by atoms with Crippen LogP contribution < -0.4 is 10.5 Å².